The van der Waals surface area contributed by atoms with Gasteiger partial charge in [-0.1, -0.05) is 37.8 Å². The summed E-state index contributed by atoms with van der Waals surface area (Å²) in [6, 6.07) is 0.257. The molecule has 0 saturated heterocycles. The van der Waals surface area contributed by atoms with E-state index in [1.807, 2.05) is 0 Å². The maximum Gasteiger partial charge on any atom is 0.0277 e. The minimum atomic E-state index is 0.257. The van der Waals surface area contributed by atoms with Crippen LogP contribution >= 0.6 is 0 Å². The second kappa shape index (κ2) is 4.69. The summed E-state index contributed by atoms with van der Waals surface area (Å²) in [5.41, 5.74) is 7.39. The maximum absolute atomic E-state index is 6.21. The average molecular weight is 207 g/mol. The van der Waals surface area contributed by atoms with Crippen LogP contribution < -0.4 is 5.73 Å². The fourth-order valence-corrected chi connectivity index (χ4v) is 3.64. The van der Waals surface area contributed by atoms with E-state index in [4.69, 9.17) is 5.73 Å². The summed E-state index contributed by atoms with van der Waals surface area (Å²) < 4.78 is 0. The van der Waals surface area contributed by atoms with Crippen LogP contribution in [-0.4, -0.2) is 6.04 Å². The third-order valence-corrected chi connectivity index (χ3v) is 4.66. The largest absolute Gasteiger partial charge is 0.324 e. The molecule has 0 spiro atoms. The van der Waals surface area contributed by atoms with E-state index in [9.17, 15) is 0 Å². The predicted octanol–water partition coefficient (Wildman–Crippen LogP) is 3.50. The number of hydrogen-bond donors (Lipinski definition) is 1. The molecule has 1 nitrogen and oxygen atoms in total. The van der Waals surface area contributed by atoms with Gasteiger partial charge in [-0.05, 0) is 43.9 Å². The van der Waals surface area contributed by atoms with Crippen LogP contribution in [0.4, 0.5) is 0 Å². The average Bonchev–Trinajstić information content (AvgIpc) is 2.27. The molecule has 2 aliphatic rings. The van der Waals surface area contributed by atoms with Gasteiger partial charge in [-0.15, -0.1) is 0 Å². The van der Waals surface area contributed by atoms with Gasteiger partial charge in [-0.25, -0.2) is 0 Å². The molecule has 4 unspecified atom stereocenters. The Labute approximate surface area is 94.1 Å². The first-order valence-corrected chi connectivity index (χ1v) is 6.59. The second-order valence-corrected chi connectivity index (χ2v) is 5.75. The lowest BCUT2D eigenvalue weighted by atomic mass is 9.65. The van der Waals surface area contributed by atoms with Crippen molar-refractivity contribution in [3.63, 3.8) is 0 Å². The Balaban J connectivity index is 1.93. The molecular weight excluding hydrogens is 182 g/mol. The summed E-state index contributed by atoms with van der Waals surface area (Å²) >= 11 is 0. The van der Waals surface area contributed by atoms with E-state index in [0.717, 1.165) is 17.8 Å². The van der Waals surface area contributed by atoms with Crippen molar-refractivity contribution < 1.29 is 0 Å². The molecule has 2 aliphatic carbocycles. The molecular formula is C14H25N. The molecule has 0 aliphatic heterocycles. The fraction of sp³-hybridized carbons (Fsp3) is 0.857. The minimum Gasteiger partial charge on any atom is -0.324 e. The summed E-state index contributed by atoms with van der Waals surface area (Å²) in [6.45, 7) is 6.09. The monoisotopic (exact) mass is 207 g/mol. The van der Waals surface area contributed by atoms with E-state index >= 15 is 0 Å². The van der Waals surface area contributed by atoms with Gasteiger partial charge in [0.2, 0.25) is 0 Å². The van der Waals surface area contributed by atoms with Gasteiger partial charge in [0.25, 0.3) is 0 Å². The number of nitrogens with two attached hydrogens (primary N) is 1. The molecule has 0 amide bonds. The number of fused-ring (bicyclic) bond motifs is 1. The highest BCUT2D eigenvalue weighted by Gasteiger charge is 2.34. The highest BCUT2D eigenvalue weighted by molar-refractivity contribution is 5.04. The van der Waals surface area contributed by atoms with E-state index < -0.39 is 0 Å². The SMILES string of the molecule is C=C(C)C(N)C1CCC2CCCCC2C1. The maximum atomic E-state index is 6.21. The van der Waals surface area contributed by atoms with Gasteiger partial charge in [0, 0.05) is 6.04 Å². The Hall–Kier alpha value is -0.300. The highest BCUT2D eigenvalue weighted by Crippen LogP contribution is 2.43. The lowest BCUT2D eigenvalue weighted by molar-refractivity contribution is 0.122. The number of hydrogen-bond acceptors (Lipinski definition) is 1. The molecule has 1 heteroatoms. The molecule has 0 aromatic rings. The van der Waals surface area contributed by atoms with Crippen molar-refractivity contribution in [3.05, 3.63) is 12.2 Å². The predicted molar refractivity (Wildman–Crippen MR) is 65.6 cm³/mol. The van der Waals surface area contributed by atoms with Crippen molar-refractivity contribution in [2.45, 2.75) is 57.9 Å². The van der Waals surface area contributed by atoms with Crippen molar-refractivity contribution in [2.24, 2.45) is 23.5 Å². The Bertz CT molecular complexity index is 233. The normalized spacial score (nSPS) is 38.1. The lowest BCUT2D eigenvalue weighted by Crippen LogP contribution is -2.38. The van der Waals surface area contributed by atoms with Crippen LogP contribution in [0.2, 0.25) is 0 Å². The van der Waals surface area contributed by atoms with Crippen LogP contribution in [-0.2, 0) is 0 Å². The van der Waals surface area contributed by atoms with E-state index in [0.29, 0.717) is 0 Å². The molecule has 0 aromatic heterocycles. The van der Waals surface area contributed by atoms with Gasteiger partial charge in [0.1, 0.15) is 0 Å². The van der Waals surface area contributed by atoms with E-state index in [1.54, 1.807) is 0 Å². The van der Waals surface area contributed by atoms with Crippen LogP contribution in [0.15, 0.2) is 12.2 Å². The quantitative estimate of drug-likeness (QED) is 0.689. The molecule has 2 fully saturated rings. The Morgan fingerprint density at radius 2 is 1.80 bits per heavy atom. The first-order chi connectivity index (χ1) is 7.18. The van der Waals surface area contributed by atoms with Gasteiger partial charge < -0.3 is 5.73 Å². The smallest absolute Gasteiger partial charge is 0.0277 e. The van der Waals surface area contributed by atoms with E-state index in [2.05, 4.69) is 13.5 Å². The van der Waals surface area contributed by atoms with Crippen molar-refractivity contribution in [2.75, 3.05) is 0 Å². The number of rotatable bonds is 2. The highest BCUT2D eigenvalue weighted by atomic mass is 14.7. The summed E-state index contributed by atoms with van der Waals surface area (Å²) in [4.78, 5) is 0. The van der Waals surface area contributed by atoms with Gasteiger partial charge in [0.15, 0.2) is 0 Å². The van der Waals surface area contributed by atoms with Crippen LogP contribution in [0.1, 0.15) is 51.9 Å². The molecule has 0 radical (unpaired) electrons. The van der Waals surface area contributed by atoms with Crippen molar-refractivity contribution in [1.82, 2.24) is 0 Å². The zero-order valence-corrected chi connectivity index (χ0v) is 10.0. The molecule has 0 heterocycles. The Morgan fingerprint density at radius 1 is 1.13 bits per heavy atom. The summed E-state index contributed by atoms with van der Waals surface area (Å²) in [5, 5.41) is 0. The molecule has 2 N–H and O–H groups in total. The Morgan fingerprint density at radius 3 is 2.47 bits per heavy atom. The zero-order valence-electron chi connectivity index (χ0n) is 10.0. The Kier molecular flexibility index (Phi) is 3.50. The summed E-state index contributed by atoms with van der Waals surface area (Å²) in [5.74, 6) is 2.75. The first-order valence-electron chi connectivity index (χ1n) is 6.59. The molecule has 86 valence electrons. The van der Waals surface area contributed by atoms with Crippen molar-refractivity contribution in [3.8, 4) is 0 Å². The van der Waals surface area contributed by atoms with Crippen LogP contribution in [0.25, 0.3) is 0 Å². The topological polar surface area (TPSA) is 26.0 Å². The molecule has 0 aromatic carbocycles. The van der Waals surface area contributed by atoms with Crippen LogP contribution in [0.5, 0.6) is 0 Å². The molecule has 2 saturated carbocycles. The first kappa shape index (κ1) is 11.2. The molecule has 0 bridgehead atoms. The van der Waals surface area contributed by atoms with Gasteiger partial charge in [-0.2, -0.15) is 0 Å². The third kappa shape index (κ3) is 2.44. The van der Waals surface area contributed by atoms with Gasteiger partial charge >= 0.3 is 0 Å². The summed E-state index contributed by atoms with van der Waals surface area (Å²) in [7, 11) is 0. The lowest BCUT2D eigenvalue weighted by Gasteiger charge is -2.41. The standard InChI is InChI=1S/C14H25N/c1-10(2)14(15)13-8-7-11-5-3-4-6-12(11)9-13/h11-14H,1,3-9,15H2,2H3. The summed E-state index contributed by atoms with van der Waals surface area (Å²) in [6.07, 6.45) is 10.0. The van der Waals surface area contributed by atoms with E-state index in [-0.39, 0.29) is 6.04 Å². The minimum absolute atomic E-state index is 0.257. The molecule has 4 atom stereocenters. The zero-order chi connectivity index (χ0) is 10.8. The van der Waals surface area contributed by atoms with Crippen molar-refractivity contribution >= 4 is 0 Å². The van der Waals surface area contributed by atoms with E-state index in [1.165, 1.54) is 50.5 Å². The third-order valence-electron chi connectivity index (χ3n) is 4.66. The van der Waals surface area contributed by atoms with Crippen LogP contribution in [0.3, 0.4) is 0 Å². The second-order valence-electron chi connectivity index (χ2n) is 5.75. The van der Waals surface area contributed by atoms with Gasteiger partial charge in [0.05, 0.1) is 0 Å². The van der Waals surface area contributed by atoms with Gasteiger partial charge in [-0.3, -0.25) is 0 Å². The van der Waals surface area contributed by atoms with Crippen LogP contribution in [0, 0.1) is 17.8 Å². The molecule has 2 rings (SSSR count). The van der Waals surface area contributed by atoms with Crippen molar-refractivity contribution in [1.29, 1.82) is 0 Å². The molecule has 15 heavy (non-hydrogen) atoms. The fourth-order valence-electron chi connectivity index (χ4n) is 3.64.